The number of hydrogen-bond acceptors (Lipinski definition) is 3. The summed E-state index contributed by atoms with van der Waals surface area (Å²) in [5, 5.41) is 6.73. The van der Waals surface area contributed by atoms with Gasteiger partial charge in [-0.05, 0) is 45.1 Å². The van der Waals surface area contributed by atoms with Gasteiger partial charge in [-0.2, -0.15) is 0 Å². The number of halogens is 1. The summed E-state index contributed by atoms with van der Waals surface area (Å²) in [6.45, 7) is 7.84. The standard InChI is InChI=1S/C18H30FN5/c1-13-6-7-15(10-17(13)19)14(2)22-18(20-3)21-11-16-12-23(4)8-9-24(16)5/h6-7,10,14,16H,8-9,11-12H2,1-5H3,(H2,20,21,22). The quantitative estimate of drug-likeness (QED) is 0.648. The largest absolute Gasteiger partial charge is 0.355 e. The van der Waals surface area contributed by atoms with Crippen LogP contribution in [0.4, 0.5) is 4.39 Å². The van der Waals surface area contributed by atoms with E-state index in [1.807, 2.05) is 19.1 Å². The molecule has 0 aromatic heterocycles. The molecular formula is C18H30FN5. The lowest BCUT2D eigenvalue weighted by Gasteiger charge is -2.38. The minimum Gasteiger partial charge on any atom is -0.355 e. The van der Waals surface area contributed by atoms with E-state index in [2.05, 4.69) is 39.5 Å². The molecule has 2 rings (SSSR count). The van der Waals surface area contributed by atoms with Crippen LogP contribution in [0.3, 0.4) is 0 Å². The van der Waals surface area contributed by atoms with Crippen molar-refractivity contribution in [1.29, 1.82) is 0 Å². The minimum absolute atomic E-state index is 0.0157. The molecule has 134 valence electrons. The highest BCUT2D eigenvalue weighted by Crippen LogP contribution is 2.16. The Morgan fingerprint density at radius 3 is 2.79 bits per heavy atom. The van der Waals surface area contributed by atoms with Crippen molar-refractivity contribution in [1.82, 2.24) is 20.4 Å². The molecule has 24 heavy (non-hydrogen) atoms. The number of likely N-dealkylation sites (N-methyl/N-ethyl adjacent to an activating group) is 2. The maximum Gasteiger partial charge on any atom is 0.191 e. The fourth-order valence-corrected chi connectivity index (χ4v) is 2.90. The summed E-state index contributed by atoms with van der Waals surface area (Å²) in [6.07, 6.45) is 0. The molecular weight excluding hydrogens is 305 g/mol. The maximum absolute atomic E-state index is 13.7. The Labute approximate surface area is 144 Å². The molecule has 0 aliphatic carbocycles. The number of hydrogen-bond donors (Lipinski definition) is 2. The van der Waals surface area contributed by atoms with Crippen LogP contribution < -0.4 is 10.6 Å². The molecule has 1 aliphatic heterocycles. The SMILES string of the molecule is CN=C(NCC1CN(C)CCN1C)NC(C)c1ccc(C)c(F)c1. The van der Waals surface area contributed by atoms with Crippen molar-refractivity contribution >= 4 is 5.96 Å². The summed E-state index contributed by atoms with van der Waals surface area (Å²) in [7, 11) is 6.07. The summed E-state index contributed by atoms with van der Waals surface area (Å²) >= 11 is 0. The monoisotopic (exact) mass is 335 g/mol. The predicted molar refractivity (Wildman–Crippen MR) is 98.0 cm³/mol. The second-order valence-electron chi connectivity index (χ2n) is 6.72. The lowest BCUT2D eigenvalue weighted by molar-refractivity contribution is 0.116. The van der Waals surface area contributed by atoms with E-state index in [4.69, 9.17) is 0 Å². The smallest absolute Gasteiger partial charge is 0.191 e. The third-order valence-electron chi connectivity index (χ3n) is 4.76. The van der Waals surface area contributed by atoms with Gasteiger partial charge >= 0.3 is 0 Å². The number of guanidine groups is 1. The van der Waals surface area contributed by atoms with Crippen LogP contribution in [0.2, 0.25) is 0 Å². The molecule has 5 nitrogen and oxygen atoms in total. The summed E-state index contributed by atoms with van der Waals surface area (Å²) < 4.78 is 13.7. The van der Waals surface area contributed by atoms with E-state index in [0.29, 0.717) is 11.6 Å². The highest BCUT2D eigenvalue weighted by atomic mass is 19.1. The van der Waals surface area contributed by atoms with Crippen molar-refractivity contribution in [3.8, 4) is 0 Å². The first-order chi connectivity index (χ1) is 11.4. The lowest BCUT2D eigenvalue weighted by atomic mass is 10.1. The van der Waals surface area contributed by atoms with Gasteiger partial charge in [-0.25, -0.2) is 4.39 Å². The van der Waals surface area contributed by atoms with Gasteiger partial charge in [0.2, 0.25) is 0 Å². The number of nitrogens with zero attached hydrogens (tertiary/aromatic N) is 3. The molecule has 0 bridgehead atoms. The Balaban J connectivity index is 1.90. The normalized spacial score (nSPS) is 21.6. The number of piperazine rings is 1. The average molecular weight is 335 g/mol. The molecule has 1 heterocycles. The van der Waals surface area contributed by atoms with E-state index >= 15 is 0 Å². The molecule has 2 atom stereocenters. The van der Waals surface area contributed by atoms with Gasteiger partial charge in [0.15, 0.2) is 5.96 Å². The molecule has 0 amide bonds. The average Bonchev–Trinajstić information content (AvgIpc) is 2.56. The molecule has 0 spiro atoms. The van der Waals surface area contributed by atoms with E-state index in [-0.39, 0.29) is 11.9 Å². The fraction of sp³-hybridized carbons (Fsp3) is 0.611. The maximum atomic E-state index is 13.7. The van der Waals surface area contributed by atoms with Crippen LogP contribution in [0.5, 0.6) is 0 Å². The van der Waals surface area contributed by atoms with E-state index in [1.165, 1.54) is 0 Å². The lowest BCUT2D eigenvalue weighted by Crippen LogP contribution is -2.55. The molecule has 1 saturated heterocycles. The Morgan fingerprint density at radius 2 is 2.12 bits per heavy atom. The van der Waals surface area contributed by atoms with Crippen molar-refractivity contribution in [3.05, 3.63) is 35.1 Å². The summed E-state index contributed by atoms with van der Waals surface area (Å²) in [6, 6.07) is 5.79. The van der Waals surface area contributed by atoms with Crippen LogP contribution in [-0.2, 0) is 0 Å². The summed E-state index contributed by atoms with van der Waals surface area (Å²) in [5.41, 5.74) is 1.58. The Hall–Kier alpha value is -1.66. The van der Waals surface area contributed by atoms with Crippen LogP contribution in [0, 0.1) is 12.7 Å². The molecule has 0 saturated carbocycles. The van der Waals surface area contributed by atoms with Crippen molar-refractivity contribution in [2.24, 2.45) is 4.99 Å². The highest BCUT2D eigenvalue weighted by Gasteiger charge is 2.22. The summed E-state index contributed by atoms with van der Waals surface area (Å²) in [5.74, 6) is 0.570. The van der Waals surface area contributed by atoms with Gasteiger partial charge in [-0.1, -0.05) is 12.1 Å². The summed E-state index contributed by atoms with van der Waals surface area (Å²) in [4.78, 5) is 9.01. The highest BCUT2D eigenvalue weighted by molar-refractivity contribution is 5.80. The van der Waals surface area contributed by atoms with E-state index in [9.17, 15) is 4.39 Å². The molecule has 1 aromatic rings. The van der Waals surface area contributed by atoms with Crippen LogP contribution in [0.25, 0.3) is 0 Å². The first-order valence-electron chi connectivity index (χ1n) is 8.52. The Morgan fingerprint density at radius 1 is 1.38 bits per heavy atom. The second-order valence-corrected chi connectivity index (χ2v) is 6.72. The third kappa shape index (κ3) is 4.92. The molecule has 1 fully saturated rings. The molecule has 1 aromatic carbocycles. The van der Waals surface area contributed by atoms with Crippen LogP contribution in [0.15, 0.2) is 23.2 Å². The van der Waals surface area contributed by atoms with Gasteiger partial charge in [-0.3, -0.25) is 9.89 Å². The van der Waals surface area contributed by atoms with Gasteiger partial charge in [0, 0.05) is 39.3 Å². The van der Waals surface area contributed by atoms with Crippen molar-refractivity contribution in [3.63, 3.8) is 0 Å². The van der Waals surface area contributed by atoms with Gasteiger partial charge in [0.05, 0.1) is 6.04 Å². The van der Waals surface area contributed by atoms with E-state index < -0.39 is 0 Å². The van der Waals surface area contributed by atoms with Crippen molar-refractivity contribution < 1.29 is 4.39 Å². The number of aryl methyl sites for hydroxylation is 1. The molecule has 0 radical (unpaired) electrons. The minimum atomic E-state index is -0.170. The number of benzene rings is 1. The Kier molecular flexibility index (Phi) is 6.57. The van der Waals surface area contributed by atoms with Crippen LogP contribution in [0.1, 0.15) is 24.1 Å². The van der Waals surface area contributed by atoms with Crippen LogP contribution in [-0.4, -0.2) is 69.1 Å². The topological polar surface area (TPSA) is 42.9 Å². The first kappa shape index (κ1) is 18.7. The first-order valence-corrected chi connectivity index (χ1v) is 8.52. The van der Waals surface area contributed by atoms with E-state index in [0.717, 1.165) is 37.7 Å². The molecule has 1 aliphatic rings. The second kappa shape index (κ2) is 8.44. The zero-order valence-electron chi connectivity index (χ0n) is 15.4. The fourth-order valence-electron chi connectivity index (χ4n) is 2.90. The Bertz CT molecular complexity index is 575. The van der Waals surface area contributed by atoms with E-state index in [1.54, 1.807) is 20.0 Å². The zero-order valence-corrected chi connectivity index (χ0v) is 15.4. The number of aliphatic imine (C=N–C) groups is 1. The molecule has 6 heteroatoms. The van der Waals surface area contributed by atoms with Gasteiger partial charge < -0.3 is 15.5 Å². The van der Waals surface area contributed by atoms with Crippen molar-refractivity contribution in [2.75, 3.05) is 47.3 Å². The number of rotatable bonds is 4. The van der Waals surface area contributed by atoms with Gasteiger partial charge in [0.1, 0.15) is 5.82 Å². The van der Waals surface area contributed by atoms with Crippen molar-refractivity contribution in [2.45, 2.75) is 25.9 Å². The van der Waals surface area contributed by atoms with Crippen LogP contribution >= 0.6 is 0 Å². The van der Waals surface area contributed by atoms with Gasteiger partial charge in [0.25, 0.3) is 0 Å². The predicted octanol–water partition coefficient (Wildman–Crippen LogP) is 1.61. The van der Waals surface area contributed by atoms with Gasteiger partial charge in [-0.15, -0.1) is 0 Å². The molecule has 2 unspecified atom stereocenters. The molecule has 2 N–H and O–H groups in total. The third-order valence-corrected chi connectivity index (χ3v) is 4.76. The zero-order chi connectivity index (χ0) is 17.7. The number of nitrogens with one attached hydrogen (secondary N) is 2.